The molecule has 0 atom stereocenters. The summed E-state index contributed by atoms with van der Waals surface area (Å²) < 4.78 is 4.34. The maximum Gasteiger partial charge on any atom is 0.258 e. The van der Waals surface area contributed by atoms with Crippen molar-refractivity contribution in [1.29, 1.82) is 5.26 Å². The van der Waals surface area contributed by atoms with Gasteiger partial charge in [0.1, 0.15) is 6.07 Å². The van der Waals surface area contributed by atoms with Crippen molar-refractivity contribution in [2.75, 3.05) is 5.32 Å². The number of pyridine rings is 1. The lowest BCUT2D eigenvalue weighted by atomic mass is 10.0. The van der Waals surface area contributed by atoms with Gasteiger partial charge in [0.25, 0.3) is 5.91 Å². The van der Waals surface area contributed by atoms with Crippen LogP contribution < -0.4 is 5.32 Å². The number of anilines is 1. The summed E-state index contributed by atoms with van der Waals surface area (Å²) >= 11 is 1.27. The predicted octanol–water partition coefficient (Wildman–Crippen LogP) is 4.54. The van der Waals surface area contributed by atoms with E-state index in [9.17, 15) is 9.59 Å². The van der Waals surface area contributed by atoms with E-state index in [1.165, 1.54) is 17.7 Å². The molecule has 1 aromatic carbocycles. The summed E-state index contributed by atoms with van der Waals surface area (Å²) in [6.45, 7) is 1.80. The van der Waals surface area contributed by atoms with Crippen LogP contribution in [0, 0.1) is 24.2 Å². The minimum atomic E-state index is -0.253. The minimum Gasteiger partial charge on any atom is -0.322 e. The second-order valence-corrected chi connectivity index (χ2v) is 8.36. The number of hydrogen-bond donors (Lipinski definition) is 1. The number of hydrogen-bond acceptors (Lipinski definition) is 6. The number of ketones is 1. The topological polar surface area (TPSA) is 95.7 Å². The van der Waals surface area contributed by atoms with Gasteiger partial charge in [-0.1, -0.05) is 12.1 Å². The van der Waals surface area contributed by atoms with Crippen molar-refractivity contribution in [3.05, 3.63) is 75.6 Å². The quantitative estimate of drug-likeness (QED) is 0.570. The van der Waals surface area contributed by atoms with Crippen LogP contribution in [-0.4, -0.2) is 21.0 Å². The number of nitrogens with zero attached hydrogens (tertiary/aromatic N) is 3. The van der Waals surface area contributed by atoms with Gasteiger partial charge in [0.2, 0.25) is 0 Å². The van der Waals surface area contributed by atoms with Gasteiger partial charge in [0.05, 0.1) is 16.8 Å². The SMILES string of the molecule is Cc1nsc(Cc2ccc(C#N)cn2)c1C(=O)Nc1cccc(C(=O)CC2CC2)c1. The first-order chi connectivity index (χ1) is 14.5. The Hall–Kier alpha value is -3.37. The molecule has 3 aromatic rings. The Balaban J connectivity index is 1.50. The van der Waals surface area contributed by atoms with Crippen molar-refractivity contribution in [3.8, 4) is 6.07 Å². The molecule has 1 aliphatic carbocycles. The Morgan fingerprint density at radius 3 is 2.80 bits per heavy atom. The lowest BCUT2D eigenvalue weighted by Crippen LogP contribution is -2.15. The van der Waals surface area contributed by atoms with Crippen LogP contribution in [0.3, 0.4) is 0 Å². The highest BCUT2D eigenvalue weighted by atomic mass is 32.1. The second-order valence-electron chi connectivity index (χ2n) is 7.50. The molecule has 1 amide bonds. The number of carbonyl (C=O) groups excluding carboxylic acids is 2. The molecule has 0 spiro atoms. The van der Waals surface area contributed by atoms with Crippen molar-refractivity contribution in [2.45, 2.75) is 32.6 Å². The number of aromatic nitrogens is 2. The van der Waals surface area contributed by atoms with Crippen molar-refractivity contribution < 1.29 is 9.59 Å². The third-order valence-corrected chi connectivity index (χ3v) is 6.00. The zero-order chi connectivity index (χ0) is 21.1. The molecule has 2 aromatic heterocycles. The Morgan fingerprint density at radius 1 is 1.27 bits per heavy atom. The van der Waals surface area contributed by atoms with E-state index in [1.807, 2.05) is 6.07 Å². The maximum atomic E-state index is 13.0. The fraction of sp³-hybridized carbons (Fsp3) is 0.261. The molecule has 30 heavy (non-hydrogen) atoms. The largest absolute Gasteiger partial charge is 0.322 e. The van der Waals surface area contributed by atoms with E-state index in [0.717, 1.165) is 23.4 Å². The van der Waals surface area contributed by atoms with Gasteiger partial charge in [0.15, 0.2) is 5.78 Å². The monoisotopic (exact) mass is 416 g/mol. The van der Waals surface area contributed by atoms with Gasteiger partial charge in [-0.2, -0.15) is 9.64 Å². The standard InChI is InChI=1S/C23H20N4O2S/c1-14-22(21(30-27-14)11-18-8-7-16(12-24)13-25-18)23(29)26-19-4-2-3-17(10-19)20(28)9-15-5-6-15/h2-4,7-8,10,13,15H,5-6,9,11H2,1H3,(H,26,29). The fourth-order valence-corrected chi connectivity index (χ4v) is 4.14. The molecule has 0 radical (unpaired) electrons. The van der Waals surface area contributed by atoms with Crippen LogP contribution in [0.25, 0.3) is 0 Å². The Bertz CT molecular complexity index is 1140. The molecule has 0 unspecified atom stereocenters. The third kappa shape index (κ3) is 4.61. The first-order valence-corrected chi connectivity index (χ1v) is 10.6. The molecule has 1 N–H and O–H groups in total. The number of nitriles is 1. The maximum absolute atomic E-state index is 13.0. The molecule has 1 fully saturated rings. The van der Waals surface area contributed by atoms with Crippen LogP contribution in [0.4, 0.5) is 5.69 Å². The van der Waals surface area contributed by atoms with E-state index < -0.39 is 0 Å². The molecule has 4 rings (SSSR count). The molecule has 150 valence electrons. The highest BCUT2D eigenvalue weighted by molar-refractivity contribution is 7.06. The number of benzene rings is 1. The van der Waals surface area contributed by atoms with E-state index >= 15 is 0 Å². The van der Waals surface area contributed by atoms with Gasteiger partial charge < -0.3 is 5.32 Å². The molecular weight excluding hydrogens is 396 g/mol. The summed E-state index contributed by atoms with van der Waals surface area (Å²) in [5.74, 6) is 0.389. The molecule has 0 saturated heterocycles. The average molecular weight is 417 g/mol. The van der Waals surface area contributed by atoms with Crippen molar-refractivity contribution in [3.63, 3.8) is 0 Å². The summed E-state index contributed by atoms with van der Waals surface area (Å²) in [5, 5.41) is 11.8. The molecule has 0 bridgehead atoms. The molecule has 1 aliphatic rings. The smallest absolute Gasteiger partial charge is 0.258 e. The normalized spacial score (nSPS) is 12.9. The van der Waals surface area contributed by atoms with Crippen LogP contribution in [0.15, 0.2) is 42.6 Å². The lowest BCUT2D eigenvalue weighted by Gasteiger charge is -2.08. The van der Waals surface area contributed by atoms with Crippen LogP contribution >= 0.6 is 11.5 Å². The first-order valence-electron chi connectivity index (χ1n) is 9.78. The van der Waals surface area contributed by atoms with E-state index in [4.69, 9.17) is 5.26 Å². The zero-order valence-electron chi connectivity index (χ0n) is 16.5. The van der Waals surface area contributed by atoms with Crippen molar-refractivity contribution >= 4 is 28.9 Å². The number of carbonyl (C=O) groups is 2. The summed E-state index contributed by atoms with van der Waals surface area (Å²) in [6.07, 6.45) is 4.81. The van der Waals surface area contributed by atoms with Gasteiger partial charge in [-0.25, -0.2) is 0 Å². The Morgan fingerprint density at radius 2 is 2.10 bits per heavy atom. The summed E-state index contributed by atoms with van der Waals surface area (Å²) in [5.41, 5.74) is 3.66. The summed E-state index contributed by atoms with van der Waals surface area (Å²) in [6, 6.07) is 12.6. The van der Waals surface area contributed by atoms with Gasteiger partial charge in [-0.3, -0.25) is 14.6 Å². The molecule has 1 saturated carbocycles. The number of aryl methyl sites for hydroxylation is 1. The van der Waals surface area contributed by atoms with Crippen LogP contribution in [0.1, 0.15) is 61.8 Å². The molecule has 2 heterocycles. The summed E-state index contributed by atoms with van der Waals surface area (Å²) in [4.78, 5) is 30.4. The van der Waals surface area contributed by atoms with Gasteiger partial charge in [-0.05, 0) is 61.5 Å². The predicted molar refractivity (Wildman–Crippen MR) is 115 cm³/mol. The second kappa shape index (κ2) is 8.56. The van der Waals surface area contributed by atoms with E-state index in [0.29, 0.717) is 46.8 Å². The van der Waals surface area contributed by atoms with Gasteiger partial charge in [0, 0.05) is 40.9 Å². The molecular formula is C23H20N4O2S. The first kappa shape index (κ1) is 19.9. The van der Waals surface area contributed by atoms with Crippen LogP contribution in [0.5, 0.6) is 0 Å². The van der Waals surface area contributed by atoms with Crippen molar-refractivity contribution in [2.24, 2.45) is 5.92 Å². The highest BCUT2D eigenvalue weighted by Crippen LogP contribution is 2.33. The number of Topliss-reactive ketones (excluding diaryl/α,β-unsaturated/α-hetero) is 1. The molecule has 0 aliphatic heterocycles. The zero-order valence-corrected chi connectivity index (χ0v) is 17.3. The van der Waals surface area contributed by atoms with Crippen LogP contribution in [-0.2, 0) is 6.42 Å². The molecule has 7 heteroatoms. The minimum absolute atomic E-state index is 0.120. The average Bonchev–Trinajstić information content (AvgIpc) is 3.49. The molecule has 6 nitrogen and oxygen atoms in total. The number of nitrogens with one attached hydrogen (secondary N) is 1. The van der Waals surface area contributed by atoms with Crippen molar-refractivity contribution in [1.82, 2.24) is 9.36 Å². The van der Waals surface area contributed by atoms with E-state index in [2.05, 4.69) is 14.7 Å². The van der Waals surface area contributed by atoms with Gasteiger partial charge in [-0.15, -0.1) is 0 Å². The number of amides is 1. The van der Waals surface area contributed by atoms with E-state index in [-0.39, 0.29) is 11.7 Å². The van der Waals surface area contributed by atoms with E-state index in [1.54, 1.807) is 43.3 Å². The fourth-order valence-electron chi connectivity index (χ4n) is 3.25. The summed E-state index contributed by atoms with van der Waals surface area (Å²) in [7, 11) is 0. The Kier molecular flexibility index (Phi) is 5.68. The third-order valence-electron chi connectivity index (χ3n) is 5.07. The lowest BCUT2D eigenvalue weighted by molar-refractivity contribution is 0.0974. The van der Waals surface area contributed by atoms with Crippen LogP contribution in [0.2, 0.25) is 0 Å². The number of rotatable bonds is 7. The Labute approximate surface area is 178 Å². The van der Waals surface area contributed by atoms with Gasteiger partial charge >= 0.3 is 0 Å². The highest BCUT2D eigenvalue weighted by Gasteiger charge is 2.25.